The van der Waals surface area contributed by atoms with Crippen molar-refractivity contribution in [2.75, 3.05) is 19.8 Å². The molecule has 0 aliphatic carbocycles. The van der Waals surface area contributed by atoms with Crippen LogP contribution in [-0.4, -0.2) is 210 Å². The van der Waals surface area contributed by atoms with Crippen molar-refractivity contribution in [1.82, 2.24) is 5.32 Å². The van der Waals surface area contributed by atoms with E-state index in [-0.39, 0.29) is 0 Å². The zero-order valence-corrected chi connectivity index (χ0v) is 25.3. The Balaban J connectivity index is 1.67. The molecule has 1 amide bonds. The first-order valence-corrected chi connectivity index (χ1v) is 15.0. The number of hydrogen-bond donors (Lipinski definition) is 13. The summed E-state index contributed by atoms with van der Waals surface area (Å²) >= 11 is 0. The van der Waals surface area contributed by atoms with Crippen LogP contribution in [0.4, 0.5) is 0 Å². The van der Waals surface area contributed by atoms with E-state index < -0.39 is 148 Å². The Kier molecular flexibility index (Phi) is 13.2. The van der Waals surface area contributed by atoms with Crippen LogP contribution in [0.15, 0.2) is 0 Å². The Bertz CT molecular complexity index is 1010. The van der Waals surface area contributed by atoms with Crippen molar-refractivity contribution in [2.24, 2.45) is 0 Å². The maximum absolute atomic E-state index is 11.9. The molecule has 0 bridgehead atoms. The summed E-state index contributed by atoms with van der Waals surface area (Å²) in [5, 5.41) is 127. The summed E-state index contributed by atoms with van der Waals surface area (Å²) in [5.74, 6) is -0.695. The number of hydrogen-bond acceptors (Lipinski definition) is 20. The Morgan fingerprint density at radius 2 is 1.04 bits per heavy atom. The normalized spacial score (nSPS) is 51.0. The van der Waals surface area contributed by atoms with Gasteiger partial charge in [-0.1, -0.05) is 0 Å². The van der Waals surface area contributed by atoms with E-state index in [0.29, 0.717) is 0 Å². The van der Waals surface area contributed by atoms with Crippen molar-refractivity contribution in [3.8, 4) is 0 Å². The summed E-state index contributed by atoms with van der Waals surface area (Å²) in [5.41, 5.74) is 0. The highest BCUT2D eigenvalue weighted by Gasteiger charge is 2.56. The fourth-order valence-electron chi connectivity index (χ4n) is 5.87. The summed E-state index contributed by atoms with van der Waals surface area (Å²) in [6, 6.07) is -1.50. The standard InChI is InChI=1S/C26H45NO20/c1-6-12(32)15(35)17(37)24(41-6)47-22-19(39)20(45-25-18(38)16(36)13(33)8(3-28)43-25)10(5-30)44-26(22)46-21-11(27-7(2)31)23(40)42-9(4-29)14(21)34/h6,8-26,28-30,32-40H,3-5H2,1-2H3,(H,27,31)/t6-,8+,9+,10+,11+,12+,13-,14-,15+,16-,17-,18+,19-,20-,21+,22+,23?,24-,25-,26-/m0/s1. The van der Waals surface area contributed by atoms with Gasteiger partial charge in [0, 0.05) is 6.92 Å². The summed E-state index contributed by atoms with van der Waals surface area (Å²) in [6.45, 7) is -0.118. The lowest BCUT2D eigenvalue weighted by Crippen LogP contribution is -2.69. The highest BCUT2D eigenvalue weighted by atomic mass is 16.8. The van der Waals surface area contributed by atoms with Gasteiger partial charge in [-0.15, -0.1) is 0 Å². The second-order valence-corrected chi connectivity index (χ2v) is 11.9. The van der Waals surface area contributed by atoms with Crippen LogP contribution in [-0.2, 0) is 38.0 Å². The van der Waals surface area contributed by atoms with Crippen LogP contribution in [0.2, 0.25) is 0 Å². The Morgan fingerprint density at radius 1 is 0.553 bits per heavy atom. The van der Waals surface area contributed by atoms with Crippen molar-refractivity contribution in [1.29, 1.82) is 0 Å². The van der Waals surface area contributed by atoms with E-state index in [1.54, 1.807) is 0 Å². The van der Waals surface area contributed by atoms with Gasteiger partial charge < -0.3 is 99.8 Å². The highest BCUT2D eigenvalue weighted by molar-refractivity contribution is 5.73. The summed E-state index contributed by atoms with van der Waals surface area (Å²) in [7, 11) is 0. The minimum atomic E-state index is -2.01. The molecule has 0 aromatic heterocycles. The number of nitrogens with one attached hydrogen (secondary N) is 1. The fraction of sp³-hybridized carbons (Fsp3) is 0.962. The largest absolute Gasteiger partial charge is 0.394 e. The van der Waals surface area contributed by atoms with Gasteiger partial charge in [0.15, 0.2) is 25.2 Å². The minimum Gasteiger partial charge on any atom is -0.394 e. The van der Waals surface area contributed by atoms with Gasteiger partial charge >= 0.3 is 0 Å². The smallest absolute Gasteiger partial charge is 0.217 e. The van der Waals surface area contributed by atoms with E-state index in [0.717, 1.165) is 6.92 Å². The molecule has 0 radical (unpaired) electrons. The first-order valence-electron chi connectivity index (χ1n) is 15.0. The van der Waals surface area contributed by atoms with Crippen LogP contribution in [0, 0.1) is 0 Å². The van der Waals surface area contributed by atoms with Crippen molar-refractivity contribution in [2.45, 2.75) is 137 Å². The quantitative estimate of drug-likeness (QED) is 0.101. The second-order valence-electron chi connectivity index (χ2n) is 11.9. The van der Waals surface area contributed by atoms with Gasteiger partial charge in [-0.05, 0) is 6.92 Å². The molecule has 13 N–H and O–H groups in total. The highest BCUT2D eigenvalue weighted by Crippen LogP contribution is 2.35. The molecule has 4 aliphatic heterocycles. The molecular weight excluding hydrogens is 646 g/mol. The first-order chi connectivity index (χ1) is 22.1. The van der Waals surface area contributed by atoms with Gasteiger partial charge in [0.1, 0.15) is 91.5 Å². The maximum Gasteiger partial charge on any atom is 0.217 e. The Hall–Kier alpha value is -1.29. The van der Waals surface area contributed by atoms with E-state index in [1.165, 1.54) is 6.92 Å². The molecule has 0 spiro atoms. The summed E-state index contributed by atoms with van der Waals surface area (Å²) in [6.07, 6.45) is -32.8. The molecule has 4 rings (SSSR count). The summed E-state index contributed by atoms with van der Waals surface area (Å²) < 4.78 is 39.2. The average molecular weight is 692 g/mol. The van der Waals surface area contributed by atoms with Crippen LogP contribution in [0.1, 0.15) is 13.8 Å². The Morgan fingerprint density at radius 3 is 1.62 bits per heavy atom. The van der Waals surface area contributed by atoms with Crippen LogP contribution >= 0.6 is 0 Å². The second kappa shape index (κ2) is 16.2. The lowest BCUT2D eigenvalue weighted by atomic mass is 9.94. The van der Waals surface area contributed by atoms with E-state index in [4.69, 9.17) is 33.2 Å². The molecule has 21 nitrogen and oxygen atoms in total. The molecular formula is C26H45NO20. The predicted molar refractivity (Wildman–Crippen MR) is 144 cm³/mol. The molecule has 4 heterocycles. The van der Waals surface area contributed by atoms with Crippen molar-refractivity contribution in [3.05, 3.63) is 0 Å². The van der Waals surface area contributed by atoms with E-state index in [2.05, 4.69) is 5.32 Å². The molecule has 20 atom stereocenters. The third-order valence-electron chi connectivity index (χ3n) is 8.57. The zero-order valence-electron chi connectivity index (χ0n) is 25.3. The number of rotatable bonds is 10. The molecule has 274 valence electrons. The fourth-order valence-corrected chi connectivity index (χ4v) is 5.87. The number of carbonyl (C=O) groups is 1. The summed E-state index contributed by atoms with van der Waals surface area (Å²) in [4.78, 5) is 11.9. The molecule has 1 unspecified atom stereocenters. The van der Waals surface area contributed by atoms with Crippen LogP contribution in [0.3, 0.4) is 0 Å². The topological polar surface area (TPSA) is 336 Å². The van der Waals surface area contributed by atoms with Gasteiger partial charge in [0.2, 0.25) is 5.91 Å². The van der Waals surface area contributed by atoms with Crippen LogP contribution in [0.5, 0.6) is 0 Å². The molecule has 4 fully saturated rings. The molecule has 0 aromatic rings. The number of ether oxygens (including phenoxy) is 7. The Labute approximate surface area is 267 Å². The number of amides is 1. The van der Waals surface area contributed by atoms with Gasteiger partial charge in [0.25, 0.3) is 0 Å². The van der Waals surface area contributed by atoms with Gasteiger partial charge in [-0.25, -0.2) is 0 Å². The maximum atomic E-state index is 11.9. The van der Waals surface area contributed by atoms with E-state index in [9.17, 15) is 66.1 Å². The molecule has 0 aromatic carbocycles. The lowest BCUT2D eigenvalue weighted by Gasteiger charge is -2.50. The molecule has 4 aliphatic rings. The predicted octanol–water partition coefficient (Wildman–Crippen LogP) is -8.58. The van der Waals surface area contributed by atoms with Crippen LogP contribution < -0.4 is 5.32 Å². The number of carbonyl (C=O) groups excluding carboxylic acids is 1. The number of aliphatic hydroxyl groups excluding tert-OH is 12. The third kappa shape index (κ3) is 8.04. The first kappa shape index (κ1) is 38.5. The molecule has 0 saturated carbocycles. The van der Waals surface area contributed by atoms with E-state index in [1.807, 2.05) is 0 Å². The van der Waals surface area contributed by atoms with Crippen molar-refractivity contribution < 1.29 is 99.2 Å². The molecule has 47 heavy (non-hydrogen) atoms. The average Bonchev–Trinajstić information content (AvgIpc) is 3.04. The number of aliphatic hydroxyl groups is 12. The zero-order chi connectivity index (χ0) is 34.9. The molecule has 21 heteroatoms. The van der Waals surface area contributed by atoms with E-state index >= 15 is 0 Å². The van der Waals surface area contributed by atoms with Gasteiger partial charge in [0.05, 0.1) is 25.9 Å². The van der Waals surface area contributed by atoms with Crippen LogP contribution in [0.25, 0.3) is 0 Å². The van der Waals surface area contributed by atoms with Gasteiger partial charge in [-0.3, -0.25) is 4.79 Å². The third-order valence-corrected chi connectivity index (χ3v) is 8.57. The van der Waals surface area contributed by atoms with Crippen molar-refractivity contribution >= 4 is 5.91 Å². The monoisotopic (exact) mass is 691 g/mol. The van der Waals surface area contributed by atoms with Gasteiger partial charge in [-0.2, -0.15) is 0 Å². The van der Waals surface area contributed by atoms with Crippen molar-refractivity contribution in [3.63, 3.8) is 0 Å². The lowest BCUT2D eigenvalue weighted by molar-refractivity contribution is -0.396. The SMILES string of the molecule is CC(=O)N[C@H]1C(O)O[C@H](CO)[C@H](O)[C@@H]1O[C@@H]1O[C@H](CO)[C@H](O[C@@H]2O[C@H](CO)[C@H](O)[C@H](O)[C@H]2O)[C@H](O)[C@H]1O[C@@H]1O[C@@H](C)[C@@H](O)[C@@H](O)[C@@H]1O. The minimum absolute atomic E-state index is 0.695. The molecule has 4 saturated heterocycles.